The number of hydrogen-bond acceptors (Lipinski definition) is 3. The van der Waals surface area contributed by atoms with E-state index in [1.165, 1.54) is 0 Å². The maximum Gasteiger partial charge on any atom is 0.243 e. The van der Waals surface area contributed by atoms with E-state index < -0.39 is 5.41 Å². The average molecular weight is 280 g/mol. The van der Waals surface area contributed by atoms with Gasteiger partial charge in [-0.15, -0.1) is 11.8 Å². The van der Waals surface area contributed by atoms with Gasteiger partial charge in [-0.1, -0.05) is 26.8 Å². The highest BCUT2D eigenvalue weighted by molar-refractivity contribution is 7.98. The molecule has 0 spiro atoms. The molecule has 0 aliphatic carbocycles. The number of carbonyl (C=O) groups is 2. The predicted octanol–water partition coefficient (Wildman–Crippen LogP) is 2.51. The van der Waals surface area contributed by atoms with Crippen molar-refractivity contribution in [2.45, 2.75) is 25.7 Å². The largest absolute Gasteiger partial charge is 0.347 e. The first-order valence-electron chi connectivity index (χ1n) is 6.05. The zero-order valence-electron chi connectivity index (χ0n) is 11.7. The lowest BCUT2D eigenvalue weighted by Crippen LogP contribution is -2.39. The summed E-state index contributed by atoms with van der Waals surface area (Å²) in [4.78, 5) is 24.4. The lowest BCUT2D eigenvalue weighted by molar-refractivity contribution is -0.130. The molecule has 2 amide bonds. The van der Waals surface area contributed by atoms with Crippen LogP contribution in [0.25, 0.3) is 0 Å². The number of rotatable bonds is 4. The van der Waals surface area contributed by atoms with Crippen molar-refractivity contribution in [2.75, 3.05) is 18.1 Å². The van der Waals surface area contributed by atoms with E-state index in [2.05, 4.69) is 10.6 Å². The standard InChI is InChI=1S/C14H20N2O2S/c1-14(2,3)13(18)15-9-12(17)16-10-6-5-7-11(8-10)19-4/h5-8H,9H2,1-4H3,(H,15,18)(H,16,17). The number of hydrogen-bond donors (Lipinski definition) is 2. The van der Waals surface area contributed by atoms with Crippen molar-refractivity contribution in [3.8, 4) is 0 Å². The topological polar surface area (TPSA) is 58.2 Å². The molecule has 104 valence electrons. The normalized spacial score (nSPS) is 10.9. The Morgan fingerprint density at radius 3 is 2.53 bits per heavy atom. The minimum atomic E-state index is -0.487. The highest BCUT2D eigenvalue weighted by Crippen LogP contribution is 2.18. The van der Waals surface area contributed by atoms with Crippen LogP contribution in [0.1, 0.15) is 20.8 Å². The van der Waals surface area contributed by atoms with Gasteiger partial charge < -0.3 is 10.6 Å². The molecule has 0 unspecified atom stereocenters. The number of carbonyl (C=O) groups excluding carboxylic acids is 2. The minimum absolute atomic E-state index is 0.0143. The molecule has 0 atom stereocenters. The molecule has 19 heavy (non-hydrogen) atoms. The number of benzene rings is 1. The molecule has 0 aliphatic rings. The molecule has 1 aromatic rings. The van der Waals surface area contributed by atoms with E-state index in [4.69, 9.17) is 0 Å². The molecule has 0 heterocycles. The second-order valence-corrected chi connectivity index (χ2v) is 6.09. The van der Waals surface area contributed by atoms with Crippen LogP contribution in [0.4, 0.5) is 5.69 Å². The Hall–Kier alpha value is -1.49. The lowest BCUT2D eigenvalue weighted by Gasteiger charge is -2.17. The molecule has 5 heteroatoms. The van der Waals surface area contributed by atoms with Crippen molar-refractivity contribution in [3.05, 3.63) is 24.3 Å². The van der Waals surface area contributed by atoms with Gasteiger partial charge in [0.2, 0.25) is 11.8 Å². The van der Waals surface area contributed by atoms with Crippen molar-refractivity contribution in [1.29, 1.82) is 0 Å². The van der Waals surface area contributed by atoms with Crippen LogP contribution in [0, 0.1) is 5.41 Å². The zero-order chi connectivity index (χ0) is 14.5. The summed E-state index contributed by atoms with van der Waals surface area (Å²) < 4.78 is 0. The highest BCUT2D eigenvalue weighted by atomic mass is 32.2. The van der Waals surface area contributed by atoms with Crippen molar-refractivity contribution in [3.63, 3.8) is 0 Å². The molecule has 2 N–H and O–H groups in total. The first-order valence-corrected chi connectivity index (χ1v) is 7.27. The fourth-order valence-electron chi connectivity index (χ4n) is 1.33. The van der Waals surface area contributed by atoms with Crippen LogP contribution in [-0.2, 0) is 9.59 Å². The Kier molecular flexibility index (Phi) is 5.42. The van der Waals surface area contributed by atoms with Gasteiger partial charge >= 0.3 is 0 Å². The van der Waals surface area contributed by atoms with Crippen molar-refractivity contribution in [2.24, 2.45) is 5.41 Å². The monoisotopic (exact) mass is 280 g/mol. The third-order valence-electron chi connectivity index (χ3n) is 2.44. The molecule has 1 rings (SSSR count). The van der Waals surface area contributed by atoms with Crippen LogP contribution < -0.4 is 10.6 Å². The van der Waals surface area contributed by atoms with Crippen LogP contribution >= 0.6 is 11.8 Å². The Bertz CT molecular complexity index is 467. The van der Waals surface area contributed by atoms with Crippen LogP contribution in [-0.4, -0.2) is 24.6 Å². The fourth-order valence-corrected chi connectivity index (χ4v) is 1.79. The van der Waals surface area contributed by atoms with Crippen LogP contribution in [0.2, 0.25) is 0 Å². The maximum absolute atomic E-state index is 11.7. The summed E-state index contributed by atoms with van der Waals surface area (Å²) >= 11 is 1.61. The van der Waals surface area contributed by atoms with E-state index in [9.17, 15) is 9.59 Å². The molecule has 0 aromatic heterocycles. The fraction of sp³-hybridized carbons (Fsp3) is 0.429. The molecule has 0 saturated heterocycles. The quantitative estimate of drug-likeness (QED) is 0.833. The van der Waals surface area contributed by atoms with Crippen molar-refractivity contribution >= 4 is 29.3 Å². The van der Waals surface area contributed by atoms with Crippen molar-refractivity contribution < 1.29 is 9.59 Å². The molecular formula is C14H20N2O2S. The van der Waals surface area contributed by atoms with Crippen molar-refractivity contribution in [1.82, 2.24) is 5.32 Å². The van der Waals surface area contributed by atoms with Crippen LogP contribution in [0.15, 0.2) is 29.2 Å². The van der Waals surface area contributed by atoms with Gasteiger partial charge in [-0.25, -0.2) is 0 Å². The van der Waals surface area contributed by atoms with Crippen LogP contribution in [0.3, 0.4) is 0 Å². The molecular weight excluding hydrogens is 260 g/mol. The van der Waals surface area contributed by atoms with Gasteiger partial charge in [0.15, 0.2) is 0 Å². The van der Waals surface area contributed by atoms with Gasteiger partial charge in [0.25, 0.3) is 0 Å². The van der Waals surface area contributed by atoms with E-state index in [0.29, 0.717) is 0 Å². The first-order chi connectivity index (χ1) is 8.82. The van der Waals surface area contributed by atoms with E-state index in [0.717, 1.165) is 10.6 Å². The van der Waals surface area contributed by atoms with E-state index in [1.807, 2.05) is 51.3 Å². The molecule has 0 bridgehead atoms. The summed E-state index contributed by atoms with van der Waals surface area (Å²) in [6.07, 6.45) is 1.98. The maximum atomic E-state index is 11.7. The Labute approximate surface area is 118 Å². The van der Waals surface area contributed by atoms with E-state index in [1.54, 1.807) is 11.8 Å². The highest BCUT2D eigenvalue weighted by Gasteiger charge is 2.21. The van der Waals surface area contributed by atoms with Gasteiger partial charge in [-0.3, -0.25) is 9.59 Å². The number of anilines is 1. The Morgan fingerprint density at radius 2 is 1.95 bits per heavy atom. The lowest BCUT2D eigenvalue weighted by atomic mass is 9.96. The van der Waals surface area contributed by atoms with Gasteiger partial charge in [0.1, 0.15) is 0 Å². The second-order valence-electron chi connectivity index (χ2n) is 5.21. The average Bonchev–Trinajstić information content (AvgIpc) is 2.35. The third kappa shape index (κ3) is 5.34. The smallest absolute Gasteiger partial charge is 0.243 e. The number of nitrogens with one attached hydrogen (secondary N) is 2. The molecule has 0 aliphatic heterocycles. The zero-order valence-corrected chi connectivity index (χ0v) is 12.6. The summed E-state index contributed by atoms with van der Waals surface area (Å²) in [6, 6.07) is 7.58. The Morgan fingerprint density at radius 1 is 1.26 bits per heavy atom. The minimum Gasteiger partial charge on any atom is -0.347 e. The van der Waals surface area contributed by atoms with Gasteiger partial charge in [0, 0.05) is 16.0 Å². The predicted molar refractivity (Wildman–Crippen MR) is 79.3 cm³/mol. The first kappa shape index (κ1) is 15.6. The third-order valence-corrected chi connectivity index (χ3v) is 3.17. The summed E-state index contributed by atoms with van der Waals surface area (Å²) in [5, 5.41) is 5.37. The number of thioether (sulfide) groups is 1. The van der Waals surface area contributed by atoms with Gasteiger partial charge in [-0.05, 0) is 24.5 Å². The summed E-state index contributed by atoms with van der Waals surface area (Å²) in [5.41, 5.74) is 0.251. The summed E-state index contributed by atoms with van der Waals surface area (Å²) in [6.45, 7) is 5.41. The number of amides is 2. The second kappa shape index (κ2) is 6.61. The van der Waals surface area contributed by atoms with Crippen LogP contribution in [0.5, 0.6) is 0 Å². The summed E-state index contributed by atoms with van der Waals surface area (Å²) in [7, 11) is 0. The van der Waals surface area contributed by atoms with Gasteiger partial charge in [-0.2, -0.15) is 0 Å². The van der Waals surface area contributed by atoms with Gasteiger partial charge in [0.05, 0.1) is 6.54 Å². The summed E-state index contributed by atoms with van der Waals surface area (Å²) in [5.74, 6) is -0.364. The molecule has 0 fully saturated rings. The van der Waals surface area contributed by atoms with E-state index in [-0.39, 0.29) is 18.4 Å². The van der Waals surface area contributed by atoms with E-state index >= 15 is 0 Å². The molecule has 0 saturated carbocycles. The SMILES string of the molecule is CSc1cccc(NC(=O)CNC(=O)C(C)(C)C)c1. The Balaban J connectivity index is 2.49. The molecule has 4 nitrogen and oxygen atoms in total. The molecule has 1 aromatic carbocycles. The molecule has 0 radical (unpaired) electrons.